The fourth-order valence-corrected chi connectivity index (χ4v) is 3.62. The fraction of sp³-hybridized carbons (Fsp3) is 0.263. The SMILES string of the molecule is C[C@H]1C[C@H](C(N)=O)c2ccccc2N1Cc1cn2ccccc2n1. The molecule has 0 spiro atoms. The highest BCUT2D eigenvalue weighted by atomic mass is 16.1. The third-order valence-electron chi connectivity index (χ3n) is 4.82. The Hall–Kier alpha value is -2.82. The molecule has 0 unspecified atom stereocenters. The van der Waals surface area contributed by atoms with Crippen molar-refractivity contribution in [3.63, 3.8) is 0 Å². The van der Waals surface area contributed by atoms with Gasteiger partial charge < -0.3 is 15.0 Å². The lowest BCUT2D eigenvalue weighted by Gasteiger charge is -2.39. The number of imidazole rings is 1. The first-order valence-electron chi connectivity index (χ1n) is 8.21. The van der Waals surface area contributed by atoms with Gasteiger partial charge in [0.2, 0.25) is 5.91 Å². The third kappa shape index (κ3) is 2.42. The molecule has 0 bridgehead atoms. The largest absolute Gasteiger partial charge is 0.369 e. The first-order valence-corrected chi connectivity index (χ1v) is 8.21. The van der Waals surface area contributed by atoms with Crippen LogP contribution in [0.2, 0.25) is 0 Å². The standard InChI is InChI=1S/C19H20N4O/c1-13-10-16(19(20)24)15-6-2-3-7-17(15)23(13)12-14-11-22-9-5-4-8-18(22)21-14/h2-9,11,13,16H,10,12H2,1H3,(H2,20,24)/t13-,16-/m0/s1. The van der Waals surface area contributed by atoms with Crippen LogP contribution in [-0.2, 0) is 11.3 Å². The van der Waals surface area contributed by atoms with Crippen molar-refractivity contribution in [1.82, 2.24) is 9.38 Å². The lowest BCUT2D eigenvalue weighted by Crippen LogP contribution is -2.41. The summed E-state index contributed by atoms with van der Waals surface area (Å²) in [4.78, 5) is 18.8. The summed E-state index contributed by atoms with van der Waals surface area (Å²) in [6, 6.07) is 14.3. The number of nitrogens with two attached hydrogens (primary N) is 1. The molecular weight excluding hydrogens is 300 g/mol. The Morgan fingerprint density at radius 2 is 2.04 bits per heavy atom. The van der Waals surface area contributed by atoms with Crippen molar-refractivity contribution in [3.8, 4) is 0 Å². The molecule has 122 valence electrons. The first kappa shape index (κ1) is 14.8. The van der Waals surface area contributed by atoms with Crippen LogP contribution in [0.15, 0.2) is 54.9 Å². The molecule has 0 saturated heterocycles. The zero-order chi connectivity index (χ0) is 16.7. The number of hydrogen-bond donors (Lipinski definition) is 1. The van der Waals surface area contributed by atoms with E-state index in [0.717, 1.165) is 29.0 Å². The van der Waals surface area contributed by atoms with Crippen molar-refractivity contribution in [2.75, 3.05) is 4.90 Å². The molecule has 5 heteroatoms. The number of benzene rings is 1. The fourth-order valence-electron chi connectivity index (χ4n) is 3.62. The van der Waals surface area contributed by atoms with Crippen LogP contribution >= 0.6 is 0 Å². The number of anilines is 1. The lowest BCUT2D eigenvalue weighted by molar-refractivity contribution is -0.119. The van der Waals surface area contributed by atoms with Gasteiger partial charge in [0.1, 0.15) is 5.65 Å². The second kappa shape index (κ2) is 5.67. The van der Waals surface area contributed by atoms with Crippen molar-refractivity contribution in [1.29, 1.82) is 0 Å². The van der Waals surface area contributed by atoms with Crippen LogP contribution in [0.1, 0.15) is 30.5 Å². The molecule has 0 aliphatic carbocycles. The summed E-state index contributed by atoms with van der Waals surface area (Å²) >= 11 is 0. The van der Waals surface area contributed by atoms with Gasteiger partial charge in [-0.05, 0) is 37.1 Å². The maximum absolute atomic E-state index is 11.8. The van der Waals surface area contributed by atoms with Gasteiger partial charge in [0.25, 0.3) is 0 Å². The Balaban J connectivity index is 1.71. The van der Waals surface area contributed by atoms with E-state index in [1.54, 1.807) is 0 Å². The molecule has 0 fully saturated rings. The average molecular weight is 320 g/mol. The average Bonchev–Trinajstić information content (AvgIpc) is 2.99. The van der Waals surface area contributed by atoms with E-state index >= 15 is 0 Å². The number of primary amides is 1. The highest BCUT2D eigenvalue weighted by Crippen LogP contribution is 2.38. The molecule has 1 aliphatic heterocycles. The molecule has 24 heavy (non-hydrogen) atoms. The zero-order valence-electron chi connectivity index (χ0n) is 13.6. The number of amides is 1. The number of fused-ring (bicyclic) bond motifs is 2. The highest BCUT2D eigenvalue weighted by Gasteiger charge is 2.33. The smallest absolute Gasteiger partial charge is 0.225 e. The van der Waals surface area contributed by atoms with Crippen molar-refractivity contribution < 1.29 is 4.79 Å². The van der Waals surface area contributed by atoms with E-state index in [9.17, 15) is 4.79 Å². The Labute approximate surface area is 140 Å². The van der Waals surface area contributed by atoms with Gasteiger partial charge >= 0.3 is 0 Å². The number of carbonyl (C=O) groups is 1. The summed E-state index contributed by atoms with van der Waals surface area (Å²) in [5.74, 6) is -0.463. The van der Waals surface area contributed by atoms with Gasteiger partial charge in [0, 0.05) is 24.1 Å². The molecule has 0 saturated carbocycles. The molecule has 5 nitrogen and oxygen atoms in total. The van der Waals surface area contributed by atoms with Crippen LogP contribution in [0.3, 0.4) is 0 Å². The van der Waals surface area contributed by atoms with Gasteiger partial charge in [-0.1, -0.05) is 24.3 Å². The number of rotatable bonds is 3. The molecule has 3 heterocycles. The van der Waals surface area contributed by atoms with Crippen molar-refractivity contribution in [2.24, 2.45) is 5.73 Å². The Kier molecular flexibility index (Phi) is 3.49. The van der Waals surface area contributed by atoms with Crippen molar-refractivity contribution in [3.05, 3.63) is 66.1 Å². The van der Waals surface area contributed by atoms with Gasteiger partial charge in [0.05, 0.1) is 18.2 Å². The molecule has 1 aromatic carbocycles. The van der Waals surface area contributed by atoms with Gasteiger partial charge in [-0.15, -0.1) is 0 Å². The Morgan fingerprint density at radius 3 is 2.83 bits per heavy atom. The van der Waals surface area contributed by atoms with Crippen LogP contribution in [0.25, 0.3) is 5.65 Å². The molecule has 1 aliphatic rings. The predicted octanol–water partition coefficient (Wildman–Crippen LogP) is 2.70. The van der Waals surface area contributed by atoms with Crippen LogP contribution in [-0.4, -0.2) is 21.3 Å². The summed E-state index contributed by atoms with van der Waals surface area (Å²) in [7, 11) is 0. The lowest BCUT2D eigenvalue weighted by atomic mass is 9.85. The second-order valence-electron chi connectivity index (χ2n) is 6.42. The topological polar surface area (TPSA) is 63.6 Å². The minimum absolute atomic E-state index is 0.214. The van der Waals surface area contributed by atoms with E-state index < -0.39 is 0 Å². The van der Waals surface area contributed by atoms with Crippen LogP contribution in [0.5, 0.6) is 0 Å². The van der Waals surface area contributed by atoms with Crippen LogP contribution in [0.4, 0.5) is 5.69 Å². The zero-order valence-corrected chi connectivity index (χ0v) is 13.6. The van der Waals surface area contributed by atoms with E-state index in [2.05, 4.69) is 24.1 Å². The summed E-state index contributed by atoms with van der Waals surface area (Å²) in [6.07, 6.45) is 4.80. The normalized spacial score (nSPS) is 20.1. The first-order chi connectivity index (χ1) is 11.6. The molecule has 2 atom stereocenters. The van der Waals surface area contributed by atoms with E-state index in [1.165, 1.54) is 0 Å². The van der Waals surface area contributed by atoms with E-state index in [4.69, 9.17) is 10.7 Å². The number of aromatic nitrogens is 2. The second-order valence-corrected chi connectivity index (χ2v) is 6.42. The van der Waals surface area contributed by atoms with Crippen LogP contribution < -0.4 is 10.6 Å². The Morgan fingerprint density at radius 1 is 1.25 bits per heavy atom. The summed E-state index contributed by atoms with van der Waals surface area (Å²) < 4.78 is 2.03. The summed E-state index contributed by atoms with van der Waals surface area (Å²) in [5.41, 5.74) is 9.68. The van der Waals surface area contributed by atoms with Gasteiger partial charge in [-0.25, -0.2) is 4.98 Å². The maximum atomic E-state index is 11.8. The predicted molar refractivity (Wildman–Crippen MR) is 93.8 cm³/mol. The Bertz CT molecular complexity index is 868. The highest BCUT2D eigenvalue weighted by molar-refractivity contribution is 5.85. The van der Waals surface area contributed by atoms with Crippen LogP contribution in [0, 0.1) is 0 Å². The number of nitrogens with zero attached hydrogens (tertiary/aromatic N) is 3. The number of pyridine rings is 1. The van der Waals surface area contributed by atoms with Gasteiger partial charge in [-0.2, -0.15) is 0 Å². The van der Waals surface area contributed by atoms with Gasteiger partial charge in [-0.3, -0.25) is 4.79 Å². The molecular formula is C19H20N4O. The molecule has 2 N–H and O–H groups in total. The minimum Gasteiger partial charge on any atom is -0.369 e. The molecule has 1 amide bonds. The maximum Gasteiger partial charge on any atom is 0.225 e. The third-order valence-corrected chi connectivity index (χ3v) is 4.82. The van der Waals surface area contributed by atoms with Gasteiger partial charge in [0.15, 0.2) is 0 Å². The summed E-state index contributed by atoms with van der Waals surface area (Å²) in [5, 5.41) is 0. The number of hydrogen-bond acceptors (Lipinski definition) is 3. The molecule has 3 aromatic rings. The minimum atomic E-state index is -0.248. The number of carbonyl (C=O) groups excluding carboxylic acids is 1. The quantitative estimate of drug-likeness (QED) is 0.807. The molecule has 2 aromatic heterocycles. The summed E-state index contributed by atoms with van der Waals surface area (Å²) in [6.45, 7) is 2.85. The van der Waals surface area contributed by atoms with Crippen molar-refractivity contribution in [2.45, 2.75) is 31.8 Å². The monoisotopic (exact) mass is 320 g/mol. The number of para-hydroxylation sites is 1. The van der Waals surface area contributed by atoms with E-state index in [1.807, 2.05) is 47.0 Å². The molecule has 4 rings (SSSR count). The van der Waals surface area contributed by atoms with E-state index in [0.29, 0.717) is 6.54 Å². The molecule has 0 radical (unpaired) electrons. The van der Waals surface area contributed by atoms with Crippen molar-refractivity contribution >= 4 is 17.2 Å². The van der Waals surface area contributed by atoms with E-state index in [-0.39, 0.29) is 17.9 Å².